The fraction of sp³-hybridized carbons (Fsp3) is 0.280. The third-order valence-corrected chi connectivity index (χ3v) is 7.09. The number of aryl methyl sites for hydroxylation is 1. The van der Waals surface area contributed by atoms with Crippen LogP contribution >= 0.6 is 11.3 Å². The molecule has 0 unspecified atom stereocenters. The molecule has 0 spiro atoms. The molecule has 0 amide bonds. The Morgan fingerprint density at radius 2 is 1.82 bits per heavy atom. The average Bonchev–Trinajstić information content (AvgIpc) is 3.24. The second-order valence-corrected chi connectivity index (χ2v) is 9.12. The monoisotopic (exact) mass is 456 g/mol. The Morgan fingerprint density at radius 1 is 1.00 bits per heavy atom. The molecule has 8 heteroatoms. The van der Waals surface area contributed by atoms with Crippen LogP contribution in [0.3, 0.4) is 0 Å². The second kappa shape index (κ2) is 8.20. The van der Waals surface area contributed by atoms with Crippen LogP contribution in [0.5, 0.6) is 5.88 Å². The number of aromatic nitrogens is 4. The molecule has 1 fully saturated rings. The molecular formula is C25H24N6OS. The van der Waals surface area contributed by atoms with Crippen molar-refractivity contribution in [3.8, 4) is 17.3 Å². The third kappa shape index (κ3) is 3.46. The van der Waals surface area contributed by atoms with Gasteiger partial charge in [-0.3, -0.25) is 0 Å². The minimum atomic E-state index is 0.549. The van der Waals surface area contributed by atoms with E-state index in [1.54, 1.807) is 11.3 Å². The number of piperazine rings is 1. The Morgan fingerprint density at radius 3 is 2.67 bits per heavy atom. The van der Waals surface area contributed by atoms with Crippen LogP contribution in [0, 0.1) is 6.92 Å². The van der Waals surface area contributed by atoms with Gasteiger partial charge in [-0.05, 0) is 24.6 Å². The summed E-state index contributed by atoms with van der Waals surface area (Å²) in [5.41, 5.74) is 2.83. The van der Waals surface area contributed by atoms with Crippen molar-refractivity contribution in [2.45, 2.75) is 13.8 Å². The summed E-state index contributed by atoms with van der Waals surface area (Å²) in [5.74, 6) is 2.08. The van der Waals surface area contributed by atoms with Crippen molar-refractivity contribution >= 4 is 48.5 Å². The van der Waals surface area contributed by atoms with Crippen LogP contribution in [0.2, 0.25) is 0 Å². The van der Waals surface area contributed by atoms with E-state index < -0.39 is 0 Å². The van der Waals surface area contributed by atoms with Crippen molar-refractivity contribution in [1.29, 1.82) is 0 Å². The molecule has 33 heavy (non-hydrogen) atoms. The van der Waals surface area contributed by atoms with Gasteiger partial charge >= 0.3 is 0 Å². The molecule has 6 rings (SSSR count). The molecule has 166 valence electrons. The van der Waals surface area contributed by atoms with E-state index in [1.807, 2.05) is 13.8 Å². The minimum Gasteiger partial charge on any atom is -0.477 e. The lowest BCUT2D eigenvalue weighted by Crippen LogP contribution is -2.44. The van der Waals surface area contributed by atoms with E-state index in [0.717, 1.165) is 69.1 Å². The third-order valence-electron chi connectivity index (χ3n) is 6.03. The molecule has 0 saturated carbocycles. The molecule has 5 aromatic rings. The number of ether oxygens (including phenoxy) is 1. The molecule has 1 saturated heterocycles. The van der Waals surface area contributed by atoms with Gasteiger partial charge in [0.05, 0.1) is 17.7 Å². The van der Waals surface area contributed by atoms with Crippen molar-refractivity contribution in [2.24, 2.45) is 0 Å². The Labute approximate surface area is 195 Å². The Bertz CT molecular complexity index is 1490. The van der Waals surface area contributed by atoms with E-state index in [4.69, 9.17) is 24.7 Å². The van der Waals surface area contributed by atoms with Gasteiger partial charge in [-0.15, -0.1) is 11.3 Å². The van der Waals surface area contributed by atoms with Gasteiger partial charge in [-0.2, -0.15) is 4.98 Å². The molecule has 0 radical (unpaired) electrons. The van der Waals surface area contributed by atoms with E-state index in [-0.39, 0.29) is 0 Å². The highest BCUT2D eigenvalue weighted by Crippen LogP contribution is 2.40. The zero-order valence-electron chi connectivity index (χ0n) is 18.6. The highest BCUT2D eigenvalue weighted by atomic mass is 32.1. The van der Waals surface area contributed by atoms with Crippen molar-refractivity contribution in [3.05, 3.63) is 48.2 Å². The number of hydrogen-bond donors (Lipinski definition) is 1. The Hall–Kier alpha value is -3.36. The van der Waals surface area contributed by atoms with Gasteiger partial charge in [0.2, 0.25) is 11.8 Å². The zero-order valence-corrected chi connectivity index (χ0v) is 19.4. The Kier molecular flexibility index (Phi) is 5.04. The second-order valence-electron chi connectivity index (χ2n) is 8.12. The van der Waals surface area contributed by atoms with E-state index in [1.165, 1.54) is 5.39 Å². The van der Waals surface area contributed by atoms with Gasteiger partial charge in [0.15, 0.2) is 5.82 Å². The molecule has 2 aromatic carbocycles. The highest BCUT2D eigenvalue weighted by molar-refractivity contribution is 7.25. The maximum Gasteiger partial charge on any atom is 0.236 e. The maximum atomic E-state index is 5.96. The number of rotatable bonds is 4. The summed E-state index contributed by atoms with van der Waals surface area (Å²) in [7, 11) is 0. The number of benzene rings is 2. The number of hydrogen-bond acceptors (Lipinski definition) is 8. The van der Waals surface area contributed by atoms with Crippen LogP contribution in [0.25, 0.3) is 42.6 Å². The summed E-state index contributed by atoms with van der Waals surface area (Å²) < 4.78 is 6.89. The first-order valence-corrected chi connectivity index (χ1v) is 12.1. The molecule has 0 aliphatic carbocycles. The fourth-order valence-corrected chi connectivity index (χ4v) is 5.56. The maximum absolute atomic E-state index is 5.96. The summed E-state index contributed by atoms with van der Waals surface area (Å²) in [4.78, 5) is 22.8. The summed E-state index contributed by atoms with van der Waals surface area (Å²) in [5, 5.41) is 6.70. The molecule has 0 bridgehead atoms. The number of thiophene rings is 1. The van der Waals surface area contributed by atoms with Crippen molar-refractivity contribution in [2.75, 3.05) is 37.7 Å². The lowest BCUT2D eigenvalue weighted by Gasteiger charge is -2.27. The van der Waals surface area contributed by atoms with Crippen LogP contribution in [0.15, 0.2) is 42.5 Å². The topological polar surface area (TPSA) is 76.1 Å². The predicted molar refractivity (Wildman–Crippen MR) is 134 cm³/mol. The van der Waals surface area contributed by atoms with Crippen LogP contribution in [0.4, 0.5) is 5.95 Å². The number of fused-ring (bicyclic) bond motifs is 4. The minimum absolute atomic E-state index is 0.549. The van der Waals surface area contributed by atoms with E-state index in [9.17, 15) is 0 Å². The molecule has 7 nitrogen and oxygen atoms in total. The van der Waals surface area contributed by atoms with Gasteiger partial charge in [-0.25, -0.2) is 15.0 Å². The first-order chi connectivity index (χ1) is 16.2. The number of anilines is 1. The average molecular weight is 457 g/mol. The standard InChI is InChI=1S/C25H24N6OS/c1-3-32-23-21-20(28-25(30-23)31-13-11-26-12-14-31)19-15(2)27-22(29-24(19)33-21)18-10-6-8-16-7-4-5-9-17(16)18/h4-10,26H,3,11-14H2,1-2H3. The number of nitrogens with zero attached hydrogens (tertiary/aromatic N) is 5. The highest BCUT2D eigenvalue weighted by Gasteiger charge is 2.22. The number of nitrogens with one attached hydrogen (secondary N) is 1. The van der Waals surface area contributed by atoms with Gasteiger partial charge in [0, 0.05) is 31.7 Å². The summed E-state index contributed by atoms with van der Waals surface area (Å²) in [6, 6.07) is 14.6. The predicted octanol–water partition coefficient (Wildman–Crippen LogP) is 4.57. The van der Waals surface area contributed by atoms with Crippen LogP contribution < -0.4 is 15.0 Å². The van der Waals surface area contributed by atoms with Crippen molar-refractivity contribution < 1.29 is 4.74 Å². The smallest absolute Gasteiger partial charge is 0.236 e. The van der Waals surface area contributed by atoms with E-state index in [2.05, 4.69) is 52.7 Å². The zero-order chi connectivity index (χ0) is 22.4. The largest absolute Gasteiger partial charge is 0.477 e. The molecule has 1 aliphatic heterocycles. The van der Waals surface area contributed by atoms with Gasteiger partial charge in [0.1, 0.15) is 15.0 Å². The molecule has 1 aliphatic rings. The van der Waals surface area contributed by atoms with E-state index in [0.29, 0.717) is 18.4 Å². The Balaban J connectivity index is 1.57. The lowest BCUT2D eigenvalue weighted by atomic mass is 10.0. The van der Waals surface area contributed by atoms with Gasteiger partial charge in [0.25, 0.3) is 0 Å². The molecule has 1 N–H and O–H groups in total. The summed E-state index contributed by atoms with van der Waals surface area (Å²) in [6.45, 7) is 8.17. The quantitative estimate of drug-likeness (QED) is 0.424. The van der Waals surface area contributed by atoms with Gasteiger partial charge in [-0.1, -0.05) is 42.5 Å². The fourth-order valence-electron chi connectivity index (χ4n) is 4.45. The first kappa shape index (κ1) is 20.3. The van der Waals surface area contributed by atoms with Crippen LogP contribution in [-0.4, -0.2) is 52.7 Å². The molecule has 3 aromatic heterocycles. The van der Waals surface area contributed by atoms with Crippen molar-refractivity contribution in [3.63, 3.8) is 0 Å². The van der Waals surface area contributed by atoms with E-state index >= 15 is 0 Å². The van der Waals surface area contributed by atoms with Crippen LogP contribution in [0.1, 0.15) is 12.6 Å². The summed E-state index contributed by atoms with van der Waals surface area (Å²) in [6.07, 6.45) is 0. The normalized spacial score (nSPS) is 14.4. The first-order valence-electron chi connectivity index (χ1n) is 11.3. The lowest BCUT2D eigenvalue weighted by molar-refractivity contribution is 0.331. The molecular weight excluding hydrogens is 432 g/mol. The molecule has 4 heterocycles. The molecule has 0 atom stereocenters. The van der Waals surface area contributed by atoms with Gasteiger partial charge < -0.3 is 15.0 Å². The van der Waals surface area contributed by atoms with Crippen LogP contribution in [-0.2, 0) is 0 Å². The SMILES string of the molecule is CCOc1nc(N2CCNCC2)nc2c1sc1nc(-c3cccc4ccccc34)nc(C)c12. The summed E-state index contributed by atoms with van der Waals surface area (Å²) >= 11 is 1.58. The van der Waals surface area contributed by atoms with Crippen molar-refractivity contribution in [1.82, 2.24) is 25.3 Å².